The molecule has 35 heavy (non-hydrogen) atoms. The van der Waals surface area contributed by atoms with Crippen LogP contribution in [0.2, 0.25) is 0 Å². The number of para-hydroxylation sites is 1. The standard InChI is InChI=1S/C30H30N2O3/c1-22-28(21-34-25-14-10-13-24(19-25)32-18-9-3-6-17-29(32)33)31-27-16-8-7-15-26(27)30(22)35-20-23-11-4-2-5-12-23/h2,4-5,7-8,10-16,19H,3,6,9,17-18,20-21H2,1H3. The molecule has 2 heterocycles. The predicted octanol–water partition coefficient (Wildman–Crippen LogP) is 6.61. The summed E-state index contributed by atoms with van der Waals surface area (Å²) in [7, 11) is 0. The highest BCUT2D eigenvalue weighted by Gasteiger charge is 2.19. The highest BCUT2D eigenvalue weighted by molar-refractivity contribution is 5.93. The third kappa shape index (κ3) is 5.29. The zero-order valence-electron chi connectivity index (χ0n) is 20.1. The van der Waals surface area contributed by atoms with Crippen LogP contribution < -0.4 is 14.4 Å². The number of hydrogen-bond donors (Lipinski definition) is 0. The molecule has 1 aliphatic rings. The minimum Gasteiger partial charge on any atom is -0.488 e. The van der Waals surface area contributed by atoms with E-state index in [9.17, 15) is 4.79 Å². The monoisotopic (exact) mass is 466 g/mol. The van der Waals surface area contributed by atoms with Gasteiger partial charge in [-0.05, 0) is 49.6 Å². The number of fused-ring (bicyclic) bond motifs is 1. The number of aromatic nitrogens is 1. The maximum absolute atomic E-state index is 12.5. The van der Waals surface area contributed by atoms with Crippen molar-refractivity contribution in [2.45, 2.75) is 45.8 Å². The van der Waals surface area contributed by atoms with Crippen LogP contribution in [-0.4, -0.2) is 17.4 Å². The van der Waals surface area contributed by atoms with Gasteiger partial charge in [-0.25, -0.2) is 4.98 Å². The minimum atomic E-state index is 0.187. The summed E-state index contributed by atoms with van der Waals surface area (Å²) in [5, 5.41) is 0.992. The molecule has 0 bridgehead atoms. The first kappa shape index (κ1) is 22.9. The number of amides is 1. The van der Waals surface area contributed by atoms with E-state index in [1.807, 2.05) is 78.6 Å². The van der Waals surface area contributed by atoms with Gasteiger partial charge in [0.05, 0.1) is 11.2 Å². The van der Waals surface area contributed by atoms with Crippen molar-refractivity contribution in [3.8, 4) is 11.5 Å². The van der Waals surface area contributed by atoms with E-state index in [1.165, 1.54) is 0 Å². The molecule has 1 amide bonds. The number of pyridine rings is 1. The van der Waals surface area contributed by atoms with Crippen molar-refractivity contribution in [1.82, 2.24) is 4.98 Å². The lowest BCUT2D eigenvalue weighted by Gasteiger charge is -2.21. The highest BCUT2D eigenvalue weighted by Crippen LogP contribution is 2.32. The van der Waals surface area contributed by atoms with Gasteiger partial charge in [0.25, 0.3) is 0 Å². The average Bonchev–Trinajstić information content (AvgIpc) is 3.12. The van der Waals surface area contributed by atoms with Crippen molar-refractivity contribution < 1.29 is 14.3 Å². The van der Waals surface area contributed by atoms with Gasteiger partial charge in [-0.15, -0.1) is 0 Å². The van der Waals surface area contributed by atoms with Crippen LogP contribution in [0.25, 0.3) is 10.9 Å². The fourth-order valence-corrected chi connectivity index (χ4v) is 4.53. The van der Waals surface area contributed by atoms with Gasteiger partial charge >= 0.3 is 0 Å². The number of nitrogens with zero attached hydrogens (tertiary/aromatic N) is 2. The Morgan fingerprint density at radius 3 is 2.57 bits per heavy atom. The molecule has 5 nitrogen and oxygen atoms in total. The second kappa shape index (κ2) is 10.6. The number of carbonyl (C=O) groups excluding carboxylic acids is 1. The molecule has 0 radical (unpaired) electrons. The number of hydrogen-bond acceptors (Lipinski definition) is 4. The first-order valence-corrected chi connectivity index (χ1v) is 12.3. The average molecular weight is 467 g/mol. The Morgan fingerprint density at radius 2 is 1.69 bits per heavy atom. The molecule has 1 fully saturated rings. The van der Waals surface area contributed by atoms with Crippen molar-refractivity contribution in [3.05, 3.63) is 95.7 Å². The van der Waals surface area contributed by atoms with Gasteiger partial charge in [-0.2, -0.15) is 0 Å². The fraction of sp³-hybridized carbons (Fsp3) is 0.267. The Labute approximate surface area is 206 Å². The van der Waals surface area contributed by atoms with Crippen molar-refractivity contribution >= 4 is 22.5 Å². The summed E-state index contributed by atoms with van der Waals surface area (Å²) >= 11 is 0. The first-order chi connectivity index (χ1) is 17.2. The Hall–Kier alpha value is -3.86. The molecule has 5 rings (SSSR count). The number of benzene rings is 3. The fourth-order valence-electron chi connectivity index (χ4n) is 4.53. The summed E-state index contributed by atoms with van der Waals surface area (Å²) in [6.45, 7) is 3.60. The Balaban J connectivity index is 1.38. The van der Waals surface area contributed by atoms with Crippen LogP contribution in [0.3, 0.4) is 0 Å². The maximum atomic E-state index is 12.5. The van der Waals surface area contributed by atoms with E-state index in [1.54, 1.807) is 0 Å². The van der Waals surface area contributed by atoms with Gasteiger partial charge in [0.1, 0.15) is 24.7 Å². The number of carbonyl (C=O) groups is 1. The lowest BCUT2D eigenvalue weighted by molar-refractivity contribution is -0.118. The normalized spacial score (nSPS) is 14.1. The topological polar surface area (TPSA) is 51.7 Å². The molecule has 0 atom stereocenters. The molecule has 1 saturated heterocycles. The molecule has 0 N–H and O–H groups in total. The van der Waals surface area contributed by atoms with E-state index in [2.05, 4.69) is 12.1 Å². The Kier molecular flexibility index (Phi) is 6.94. The second-order valence-electron chi connectivity index (χ2n) is 8.95. The van der Waals surface area contributed by atoms with E-state index in [4.69, 9.17) is 14.5 Å². The SMILES string of the molecule is Cc1c(COc2cccc(N3CCCCCC3=O)c2)nc2ccccc2c1OCc1ccccc1. The molecule has 0 unspecified atom stereocenters. The van der Waals surface area contributed by atoms with Crippen LogP contribution >= 0.6 is 0 Å². The molecule has 3 aromatic carbocycles. The lowest BCUT2D eigenvalue weighted by Crippen LogP contribution is -2.29. The molecular formula is C30H30N2O3. The molecule has 4 aromatic rings. The summed E-state index contributed by atoms with van der Waals surface area (Å²) in [5.41, 5.74) is 4.69. The Bertz CT molecular complexity index is 1320. The summed E-state index contributed by atoms with van der Waals surface area (Å²) in [6, 6.07) is 26.0. The molecule has 0 spiro atoms. The minimum absolute atomic E-state index is 0.187. The maximum Gasteiger partial charge on any atom is 0.226 e. The van der Waals surface area contributed by atoms with Gasteiger partial charge in [0.2, 0.25) is 5.91 Å². The lowest BCUT2D eigenvalue weighted by atomic mass is 10.1. The van der Waals surface area contributed by atoms with E-state index >= 15 is 0 Å². The van der Waals surface area contributed by atoms with E-state index in [0.717, 1.165) is 70.7 Å². The summed E-state index contributed by atoms with van der Waals surface area (Å²) in [6.07, 6.45) is 3.70. The van der Waals surface area contributed by atoms with Crippen LogP contribution in [0.1, 0.15) is 42.5 Å². The molecule has 1 aliphatic heterocycles. The summed E-state index contributed by atoms with van der Waals surface area (Å²) in [5.74, 6) is 1.74. The van der Waals surface area contributed by atoms with E-state index < -0.39 is 0 Å². The van der Waals surface area contributed by atoms with Crippen molar-refractivity contribution in [2.24, 2.45) is 0 Å². The molecule has 1 aromatic heterocycles. The van der Waals surface area contributed by atoms with Crippen LogP contribution in [0.4, 0.5) is 5.69 Å². The zero-order chi connectivity index (χ0) is 24.0. The van der Waals surface area contributed by atoms with Gasteiger partial charge in [0.15, 0.2) is 0 Å². The van der Waals surface area contributed by atoms with Crippen LogP contribution in [-0.2, 0) is 18.0 Å². The summed E-state index contributed by atoms with van der Waals surface area (Å²) in [4.78, 5) is 19.3. The molecule has 0 aliphatic carbocycles. The predicted molar refractivity (Wildman–Crippen MR) is 139 cm³/mol. The van der Waals surface area contributed by atoms with Gasteiger partial charge in [-0.1, -0.05) is 55.0 Å². The van der Waals surface area contributed by atoms with E-state index in [-0.39, 0.29) is 5.91 Å². The van der Waals surface area contributed by atoms with Crippen LogP contribution in [0, 0.1) is 6.92 Å². The molecule has 5 heteroatoms. The third-order valence-electron chi connectivity index (χ3n) is 6.48. The van der Waals surface area contributed by atoms with Crippen LogP contribution in [0.5, 0.6) is 11.5 Å². The smallest absolute Gasteiger partial charge is 0.226 e. The summed E-state index contributed by atoms with van der Waals surface area (Å²) < 4.78 is 12.5. The quantitative estimate of drug-likeness (QED) is 0.308. The Morgan fingerprint density at radius 1 is 0.857 bits per heavy atom. The first-order valence-electron chi connectivity index (χ1n) is 12.3. The van der Waals surface area contributed by atoms with Gasteiger partial charge in [-0.3, -0.25) is 4.79 Å². The van der Waals surface area contributed by atoms with Crippen molar-refractivity contribution in [1.29, 1.82) is 0 Å². The highest BCUT2D eigenvalue weighted by atomic mass is 16.5. The van der Waals surface area contributed by atoms with Crippen molar-refractivity contribution in [2.75, 3.05) is 11.4 Å². The zero-order valence-corrected chi connectivity index (χ0v) is 20.1. The van der Waals surface area contributed by atoms with E-state index in [0.29, 0.717) is 19.6 Å². The number of rotatable bonds is 7. The number of ether oxygens (including phenoxy) is 2. The van der Waals surface area contributed by atoms with Gasteiger partial charge < -0.3 is 14.4 Å². The molecular weight excluding hydrogens is 436 g/mol. The van der Waals surface area contributed by atoms with Crippen LogP contribution in [0.15, 0.2) is 78.9 Å². The van der Waals surface area contributed by atoms with Crippen molar-refractivity contribution in [3.63, 3.8) is 0 Å². The van der Waals surface area contributed by atoms with Gasteiger partial charge in [0, 0.05) is 35.7 Å². The molecule has 0 saturated carbocycles. The number of anilines is 1. The second-order valence-corrected chi connectivity index (χ2v) is 8.95. The molecule has 178 valence electrons. The third-order valence-corrected chi connectivity index (χ3v) is 6.48. The largest absolute Gasteiger partial charge is 0.488 e.